The Hall–Kier alpha value is -1.98. The van der Waals surface area contributed by atoms with Crippen LogP contribution in [0, 0.1) is 17.8 Å². The van der Waals surface area contributed by atoms with Crippen molar-refractivity contribution in [1.82, 2.24) is 15.2 Å². The summed E-state index contributed by atoms with van der Waals surface area (Å²) in [6.07, 6.45) is 7.85. The van der Waals surface area contributed by atoms with Gasteiger partial charge < -0.3 is 10.1 Å². The maximum atomic E-state index is 12.3. The summed E-state index contributed by atoms with van der Waals surface area (Å²) in [6.45, 7) is 3.81. The van der Waals surface area contributed by atoms with Gasteiger partial charge in [-0.25, -0.2) is 0 Å². The van der Waals surface area contributed by atoms with E-state index in [1.807, 2.05) is 12.3 Å². The molecule has 1 aliphatic carbocycles. The number of fused-ring (bicyclic) bond motifs is 2. The van der Waals surface area contributed by atoms with E-state index in [0.717, 1.165) is 51.0 Å². The topological polar surface area (TPSA) is 54.5 Å². The third-order valence-electron chi connectivity index (χ3n) is 7.97. The molecule has 1 saturated carbocycles. The number of hydrogen-bond donors (Lipinski definition) is 1. The molecule has 4 fully saturated rings. The smallest absolute Gasteiger partial charge is 0.223 e. The Morgan fingerprint density at radius 2 is 2.17 bits per heavy atom. The molecule has 152 valence electrons. The van der Waals surface area contributed by atoms with Crippen LogP contribution in [0.2, 0.25) is 0 Å². The van der Waals surface area contributed by atoms with Gasteiger partial charge in [0, 0.05) is 55.5 Å². The second kappa shape index (κ2) is 6.78. The van der Waals surface area contributed by atoms with E-state index in [-0.39, 0.29) is 17.4 Å². The molecule has 1 aromatic carbocycles. The van der Waals surface area contributed by atoms with Crippen molar-refractivity contribution in [3.05, 3.63) is 42.1 Å². The van der Waals surface area contributed by atoms with Crippen molar-refractivity contribution in [2.45, 2.75) is 50.4 Å². The predicted molar refractivity (Wildman–Crippen MR) is 111 cm³/mol. The molecule has 1 amide bonds. The SMILES string of the molecule is O=C(NC[C@H]1[C@H]2CN(Cc3cccc4ncccc34)C[C@]23CC[C@H]1O3)C1CCC1. The Morgan fingerprint density at radius 1 is 1.24 bits per heavy atom. The van der Waals surface area contributed by atoms with Gasteiger partial charge in [-0.2, -0.15) is 0 Å². The Balaban J connectivity index is 1.17. The number of nitrogens with one attached hydrogen (secondary N) is 1. The average Bonchev–Trinajstić information content (AvgIpc) is 3.33. The van der Waals surface area contributed by atoms with Crippen molar-refractivity contribution in [2.75, 3.05) is 19.6 Å². The molecular weight excluding hydrogens is 362 g/mol. The maximum Gasteiger partial charge on any atom is 0.223 e. The molecule has 4 atom stereocenters. The van der Waals surface area contributed by atoms with Gasteiger partial charge in [0.25, 0.3) is 0 Å². The molecule has 4 aliphatic rings. The summed E-state index contributed by atoms with van der Waals surface area (Å²) in [5.41, 5.74) is 2.42. The van der Waals surface area contributed by atoms with E-state index >= 15 is 0 Å². The summed E-state index contributed by atoms with van der Waals surface area (Å²) >= 11 is 0. The molecule has 0 unspecified atom stereocenters. The molecule has 1 N–H and O–H groups in total. The van der Waals surface area contributed by atoms with E-state index in [1.54, 1.807) is 0 Å². The third kappa shape index (κ3) is 2.89. The van der Waals surface area contributed by atoms with Gasteiger partial charge in [-0.3, -0.25) is 14.7 Å². The summed E-state index contributed by atoms with van der Waals surface area (Å²) < 4.78 is 6.58. The molecule has 4 heterocycles. The highest BCUT2D eigenvalue weighted by Crippen LogP contribution is 2.54. The second-order valence-electron chi connectivity index (χ2n) is 9.56. The number of hydrogen-bond acceptors (Lipinski definition) is 4. The number of amides is 1. The zero-order valence-electron chi connectivity index (χ0n) is 16.8. The lowest BCUT2D eigenvalue weighted by molar-refractivity contribution is -0.127. The fourth-order valence-corrected chi connectivity index (χ4v) is 6.26. The summed E-state index contributed by atoms with van der Waals surface area (Å²) in [5.74, 6) is 1.54. The minimum Gasteiger partial charge on any atom is -0.370 e. The highest BCUT2D eigenvalue weighted by molar-refractivity contribution is 5.82. The van der Waals surface area contributed by atoms with E-state index in [4.69, 9.17) is 4.74 Å². The molecule has 2 aromatic rings. The largest absolute Gasteiger partial charge is 0.370 e. The fraction of sp³-hybridized carbons (Fsp3) is 0.583. The Labute approximate surface area is 171 Å². The summed E-state index contributed by atoms with van der Waals surface area (Å²) in [7, 11) is 0. The fourth-order valence-electron chi connectivity index (χ4n) is 6.26. The normalized spacial score (nSPS) is 33.7. The van der Waals surface area contributed by atoms with Crippen LogP contribution in [0.25, 0.3) is 10.9 Å². The van der Waals surface area contributed by atoms with Crippen LogP contribution in [0.1, 0.15) is 37.7 Å². The summed E-state index contributed by atoms with van der Waals surface area (Å²) in [6, 6.07) is 10.6. The zero-order chi connectivity index (χ0) is 19.4. The minimum atomic E-state index is 0.0133. The number of likely N-dealkylation sites (tertiary alicyclic amines) is 1. The molecule has 29 heavy (non-hydrogen) atoms. The van der Waals surface area contributed by atoms with Gasteiger partial charge in [0.15, 0.2) is 0 Å². The Morgan fingerprint density at radius 3 is 3.03 bits per heavy atom. The lowest BCUT2D eigenvalue weighted by atomic mass is 9.73. The average molecular weight is 392 g/mol. The summed E-state index contributed by atoms with van der Waals surface area (Å²) in [5, 5.41) is 4.51. The molecule has 3 aliphatic heterocycles. The van der Waals surface area contributed by atoms with E-state index in [0.29, 0.717) is 17.9 Å². The quantitative estimate of drug-likeness (QED) is 0.851. The molecule has 0 radical (unpaired) electrons. The van der Waals surface area contributed by atoms with E-state index in [2.05, 4.69) is 39.5 Å². The standard InChI is InChI=1S/C24H29N3O2/c28-23(16-4-1-5-16)26-12-19-20-14-27(15-24(20)10-9-22(19)29-24)13-17-6-2-8-21-18(17)7-3-11-25-21/h2-3,6-8,11,16,19-20,22H,1,4-5,9-10,12-15H2,(H,26,28)/t19-,20+,22+,24+/m0/s1. The third-order valence-corrected chi connectivity index (χ3v) is 7.97. The van der Waals surface area contributed by atoms with Crippen molar-refractivity contribution in [3.8, 4) is 0 Å². The van der Waals surface area contributed by atoms with E-state index < -0.39 is 0 Å². The van der Waals surface area contributed by atoms with Crippen LogP contribution in [0.3, 0.4) is 0 Å². The van der Waals surface area contributed by atoms with Crippen molar-refractivity contribution in [1.29, 1.82) is 0 Å². The van der Waals surface area contributed by atoms with E-state index in [9.17, 15) is 4.79 Å². The highest BCUT2D eigenvalue weighted by Gasteiger charge is 2.62. The lowest BCUT2D eigenvalue weighted by Gasteiger charge is -2.31. The molecule has 1 spiro atoms. The summed E-state index contributed by atoms with van der Waals surface area (Å²) in [4.78, 5) is 19.4. The van der Waals surface area contributed by atoms with Crippen molar-refractivity contribution in [2.24, 2.45) is 17.8 Å². The van der Waals surface area contributed by atoms with Gasteiger partial charge in [0.1, 0.15) is 0 Å². The van der Waals surface area contributed by atoms with Crippen LogP contribution in [0.5, 0.6) is 0 Å². The van der Waals surface area contributed by atoms with Crippen molar-refractivity contribution in [3.63, 3.8) is 0 Å². The second-order valence-corrected chi connectivity index (χ2v) is 9.56. The highest BCUT2D eigenvalue weighted by atomic mass is 16.5. The van der Waals surface area contributed by atoms with Crippen LogP contribution in [0.4, 0.5) is 0 Å². The number of benzene rings is 1. The number of rotatable bonds is 5. The number of carbonyl (C=O) groups excluding carboxylic acids is 1. The van der Waals surface area contributed by atoms with Crippen LogP contribution in [0.15, 0.2) is 36.5 Å². The van der Waals surface area contributed by atoms with Crippen LogP contribution in [-0.4, -0.2) is 47.1 Å². The van der Waals surface area contributed by atoms with Crippen LogP contribution < -0.4 is 5.32 Å². The van der Waals surface area contributed by atoms with Gasteiger partial charge >= 0.3 is 0 Å². The first kappa shape index (κ1) is 17.8. The van der Waals surface area contributed by atoms with Gasteiger partial charge in [-0.15, -0.1) is 0 Å². The first-order valence-corrected chi connectivity index (χ1v) is 11.2. The Kier molecular flexibility index (Phi) is 4.17. The lowest BCUT2D eigenvalue weighted by Crippen LogP contribution is -2.44. The predicted octanol–water partition coefficient (Wildman–Crippen LogP) is 3.13. The van der Waals surface area contributed by atoms with Crippen LogP contribution >= 0.6 is 0 Å². The molecular formula is C24H29N3O2. The number of carbonyl (C=O) groups is 1. The minimum absolute atomic E-state index is 0.0133. The van der Waals surface area contributed by atoms with Crippen molar-refractivity contribution >= 4 is 16.8 Å². The first-order chi connectivity index (χ1) is 14.2. The number of aromatic nitrogens is 1. The molecule has 3 saturated heterocycles. The number of pyridine rings is 1. The van der Waals surface area contributed by atoms with Crippen LogP contribution in [-0.2, 0) is 16.1 Å². The molecule has 5 heteroatoms. The molecule has 5 nitrogen and oxygen atoms in total. The zero-order valence-corrected chi connectivity index (χ0v) is 16.8. The van der Waals surface area contributed by atoms with Gasteiger partial charge in [0.2, 0.25) is 5.91 Å². The van der Waals surface area contributed by atoms with Crippen molar-refractivity contribution < 1.29 is 9.53 Å². The van der Waals surface area contributed by atoms with E-state index in [1.165, 1.54) is 23.8 Å². The molecule has 2 bridgehead atoms. The number of ether oxygens (including phenoxy) is 1. The van der Waals surface area contributed by atoms with Gasteiger partial charge in [-0.05, 0) is 43.4 Å². The number of nitrogens with zero attached hydrogens (tertiary/aromatic N) is 2. The molecule has 1 aromatic heterocycles. The van der Waals surface area contributed by atoms with Gasteiger partial charge in [0.05, 0.1) is 17.2 Å². The first-order valence-electron chi connectivity index (χ1n) is 11.2. The Bertz CT molecular complexity index is 937. The molecule has 6 rings (SSSR count). The maximum absolute atomic E-state index is 12.3. The monoisotopic (exact) mass is 391 g/mol. The van der Waals surface area contributed by atoms with Gasteiger partial charge in [-0.1, -0.05) is 24.6 Å².